The molecule has 1 aromatic carbocycles. The Morgan fingerprint density at radius 2 is 2.15 bits per heavy atom. The van der Waals surface area contributed by atoms with Gasteiger partial charge in [0.25, 0.3) is 11.6 Å². The van der Waals surface area contributed by atoms with Crippen LogP contribution in [0, 0.1) is 10.1 Å². The van der Waals surface area contributed by atoms with Gasteiger partial charge in [0.05, 0.1) is 22.2 Å². The molecule has 0 saturated carbocycles. The average Bonchev–Trinajstić information content (AvgIpc) is 3.26. The predicted octanol–water partition coefficient (Wildman–Crippen LogP) is 1.74. The second kappa shape index (κ2) is 7.50. The van der Waals surface area contributed by atoms with Gasteiger partial charge >= 0.3 is 5.97 Å². The Balaban J connectivity index is 2.13. The maximum Gasteiger partial charge on any atom is 0.325 e. The van der Waals surface area contributed by atoms with Crippen LogP contribution in [0.4, 0.5) is 5.69 Å². The van der Waals surface area contributed by atoms with E-state index in [0.29, 0.717) is 16.8 Å². The fourth-order valence-electron chi connectivity index (χ4n) is 2.40. The van der Waals surface area contributed by atoms with Crippen LogP contribution in [0.3, 0.4) is 0 Å². The summed E-state index contributed by atoms with van der Waals surface area (Å²) in [4.78, 5) is 39.0. The number of esters is 1. The Labute approximate surface area is 156 Å². The van der Waals surface area contributed by atoms with E-state index >= 15 is 0 Å². The third-order valence-corrected chi connectivity index (χ3v) is 4.81. The topological polar surface area (TPSA) is 122 Å². The number of hydrogen-bond donors (Lipinski definition) is 0. The Bertz CT molecular complexity index is 1110. The van der Waals surface area contributed by atoms with E-state index in [4.69, 9.17) is 4.74 Å². The zero-order chi connectivity index (χ0) is 19.6. The molecule has 0 atom stereocenters. The molecule has 0 radical (unpaired) electrons. The lowest BCUT2D eigenvalue weighted by Gasteiger charge is -2.03. The quantitative estimate of drug-likeness (QED) is 0.372. The van der Waals surface area contributed by atoms with E-state index in [2.05, 4.69) is 10.1 Å². The first-order chi connectivity index (χ1) is 12.9. The fourth-order valence-corrected chi connectivity index (χ4v) is 3.46. The Kier molecular flexibility index (Phi) is 5.12. The average molecular weight is 389 g/mol. The summed E-state index contributed by atoms with van der Waals surface area (Å²) in [5.74, 6) is -1.10. The van der Waals surface area contributed by atoms with E-state index in [1.54, 1.807) is 16.9 Å². The summed E-state index contributed by atoms with van der Waals surface area (Å²) in [6, 6.07) is 5.78. The minimum Gasteiger partial charge on any atom is -0.468 e. The van der Waals surface area contributed by atoms with Crippen LogP contribution in [0.2, 0.25) is 0 Å². The number of thiazole rings is 1. The number of nitrogens with zero attached hydrogens (tertiary/aromatic N) is 5. The number of nitro groups is 1. The molecule has 140 valence electrons. The summed E-state index contributed by atoms with van der Waals surface area (Å²) in [7, 11) is 1.25. The number of amides is 1. The van der Waals surface area contributed by atoms with Gasteiger partial charge in [0.2, 0.25) is 0 Å². The third kappa shape index (κ3) is 3.77. The van der Waals surface area contributed by atoms with E-state index in [0.717, 1.165) is 11.3 Å². The molecule has 0 aliphatic carbocycles. The second-order valence-electron chi connectivity index (χ2n) is 5.43. The van der Waals surface area contributed by atoms with Crippen molar-refractivity contribution >= 4 is 39.1 Å². The summed E-state index contributed by atoms with van der Waals surface area (Å²) in [6.45, 7) is 2.33. The zero-order valence-corrected chi connectivity index (χ0v) is 15.3. The Morgan fingerprint density at radius 1 is 1.37 bits per heavy atom. The molecule has 27 heavy (non-hydrogen) atoms. The molecule has 2 aromatic heterocycles. The highest BCUT2D eigenvalue weighted by Crippen LogP contribution is 2.23. The molecular weight excluding hydrogens is 374 g/mol. The van der Waals surface area contributed by atoms with Crippen molar-refractivity contribution in [3.05, 3.63) is 51.1 Å². The molecule has 11 heteroatoms. The van der Waals surface area contributed by atoms with Crippen LogP contribution >= 0.6 is 11.3 Å². The van der Waals surface area contributed by atoms with Crippen LogP contribution in [0.15, 0.2) is 35.5 Å². The Hall–Kier alpha value is -3.34. The van der Waals surface area contributed by atoms with Crippen molar-refractivity contribution in [1.82, 2.24) is 14.3 Å². The van der Waals surface area contributed by atoms with Gasteiger partial charge in [-0.15, -0.1) is 0 Å². The number of aromatic nitrogens is 3. The zero-order valence-electron chi connectivity index (χ0n) is 14.5. The third-order valence-electron chi connectivity index (χ3n) is 3.77. The van der Waals surface area contributed by atoms with Crippen molar-refractivity contribution in [2.24, 2.45) is 4.99 Å². The molecule has 3 aromatic rings. The molecule has 0 bridgehead atoms. The van der Waals surface area contributed by atoms with Gasteiger partial charge in [-0.05, 0) is 19.1 Å². The van der Waals surface area contributed by atoms with Gasteiger partial charge in [-0.2, -0.15) is 10.1 Å². The number of nitro benzene ring substituents is 1. The lowest BCUT2D eigenvalue weighted by molar-refractivity contribution is -0.384. The smallest absolute Gasteiger partial charge is 0.325 e. The van der Waals surface area contributed by atoms with Crippen molar-refractivity contribution < 1.29 is 19.2 Å². The molecule has 0 fully saturated rings. The Morgan fingerprint density at radius 3 is 2.78 bits per heavy atom. The van der Waals surface area contributed by atoms with Crippen LogP contribution in [0.5, 0.6) is 0 Å². The molecule has 10 nitrogen and oxygen atoms in total. The lowest BCUT2D eigenvalue weighted by atomic mass is 10.3. The molecule has 0 aliphatic heterocycles. The van der Waals surface area contributed by atoms with Gasteiger partial charge in [-0.3, -0.25) is 24.4 Å². The lowest BCUT2D eigenvalue weighted by Crippen LogP contribution is -2.22. The van der Waals surface area contributed by atoms with Crippen LogP contribution in [0.1, 0.15) is 17.4 Å². The minimum absolute atomic E-state index is 0.0893. The summed E-state index contributed by atoms with van der Waals surface area (Å²) in [6.07, 6.45) is 1.67. The maximum atomic E-state index is 12.4. The minimum atomic E-state index is -0.568. The van der Waals surface area contributed by atoms with E-state index in [-0.39, 0.29) is 22.7 Å². The van der Waals surface area contributed by atoms with Gasteiger partial charge in [0.1, 0.15) is 6.54 Å². The molecule has 0 unspecified atom stereocenters. The number of rotatable bonds is 5. The molecular formula is C16H15N5O5S. The van der Waals surface area contributed by atoms with Crippen LogP contribution in [-0.4, -0.2) is 38.3 Å². The summed E-state index contributed by atoms with van der Waals surface area (Å²) in [5.41, 5.74) is 0.625. The standard InChI is InChI=1S/C16H15N5O5S/c1-3-19-7-6-11(18-19)15(23)17-16-20(9-14(22)26-2)12-5-4-10(21(24)25)8-13(12)27-16/h4-8H,3,9H2,1-2H3. The van der Waals surface area contributed by atoms with E-state index < -0.39 is 16.8 Å². The molecule has 2 heterocycles. The molecule has 1 amide bonds. The van der Waals surface area contributed by atoms with Crippen molar-refractivity contribution in [1.29, 1.82) is 0 Å². The van der Waals surface area contributed by atoms with E-state index in [1.807, 2.05) is 6.92 Å². The van der Waals surface area contributed by atoms with E-state index in [1.165, 1.54) is 29.9 Å². The molecule has 0 spiro atoms. The van der Waals surface area contributed by atoms with Crippen molar-refractivity contribution in [3.8, 4) is 0 Å². The van der Waals surface area contributed by atoms with Crippen LogP contribution in [-0.2, 0) is 22.6 Å². The van der Waals surface area contributed by atoms with Gasteiger partial charge in [0.15, 0.2) is 10.5 Å². The van der Waals surface area contributed by atoms with Gasteiger partial charge in [-0.25, -0.2) is 0 Å². The normalized spacial score (nSPS) is 11.7. The highest BCUT2D eigenvalue weighted by molar-refractivity contribution is 7.16. The van der Waals surface area contributed by atoms with Gasteiger partial charge in [-0.1, -0.05) is 11.3 Å². The number of methoxy groups -OCH3 is 1. The summed E-state index contributed by atoms with van der Waals surface area (Å²) >= 11 is 1.07. The number of fused-ring (bicyclic) bond motifs is 1. The number of hydrogen-bond acceptors (Lipinski definition) is 7. The molecule has 0 aliphatic rings. The summed E-state index contributed by atoms with van der Waals surface area (Å²) < 4.78 is 8.30. The first kappa shape index (κ1) is 18.5. The molecule has 0 N–H and O–H groups in total. The first-order valence-corrected chi connectivity index (χ1v) is 8.71. The van der Waals surface area contributed by atoms with Crippen molar-refractivity contribution in [3.63, 3.8) is 0 Å². The van der Waals surface area contributed by atoms with E-state index in [9.17, 15) is 19.7 Å². The number of carbonyl (C=O) groups is 2. The van der Waals surface area contributed by atoms with Crippen molar-refractivity contribution in [2.45, 2.75) is 20.0 Å². The van der Waals surface area contributed by atoms with Crippen LogP contribution < -0.4 is 4.80 Å². The largest absolute Gasteiger partial charge is 0.468 e. The monoisotopic (exact) mass is 389 g/mol. The maximum absolute atomic E-state index is 12.4. The first-order valence-electron chi connectivity index (χ1n) is 7.90. The van der Waals surface area contributed by atoms with Gasteiger partial charge < -0.3 is 9.30 Å². The molecule has 0 saturated heterocycles. The molecule has 3 rings (SSSR count). The second-order valence-corrected chi connectivity index (χ2v) is 6.44. The number of carbonyl (C=O) groups excluding carboxylic acids is 2. The highest BCUT2D eigenvalue weighted by atomic mass is 32.1. The van der Waals surface area contributed by atoms with Crippen molar-refractivity contribution in [2.75, 3.05) is 7.11 Å². The number of benzene rings is 1. The van der Waals surface area contributed by atoms with Gasteiger partial charge in [0, 0.05) is 24.9 Å². The predicted molar refractivity (Wildman–Crippen MR) is 96.3 cm³/mol. The highest BCUT2D eigenvalue weighted by Gasteiger charge is 2.16. The number of non-ortho nitro benzene ring substituents is 1. The summed E-state index contributed by atoms with van der Waals surface area (Å²) in [5, 5.41) is 15.1. The van der Waals surface area contributed by atoms with Crippen LogP contribution in [0.25, 0.3) is 10.2 Å². The SMILES string of the molecule is CCn1ccc(C(=O)N=c2sc3cc([N+](=O)[O-])ccc3n2CC(=O)OC)n1. The fraction of sp³-hybridized carbons (Fsp3) is 0.250. The number of ether oxygens (including phenoxy) is 1. The number of aryl methyl sites for hydroxylation is 1.